The number of amidine groups is 1. The second kappa shape index (κ2) is 6.85. The lowest BCUT2D eigenvalue weighted by Gasteiger charge is -2.32. The molecule has 0 N–H and O–H groups in total. The third kappa shape index (κ3) is 2.75. The van der Waals surface area contributed by atoms with Crippen LogP contribution in [0.15, 0.2) is 72.2 Å². The maximum atomic E-state index is 5.11. The summed E-state index contributed by atoms with van der Waals surface area (Å²) in [5.41, 5.74) is 3.40. The largest absolute Gasteiger partial charge is 0.337 e. The number of hydrogen-bond acceptors (Lipinski definition) is 5. The zero-order chi connectivity index (χ0) is 18.2. The second-order valence-electron chi connectivity index (χ2n) is 6.84. The van der Waals surface area contributed by atoms with Crippen LogP contribution in [-0.2, 0) is 0 Å². The molecule has 1 fully saturated rings. The van der Waals surface area contributed by atoms with Crippen molar-refractivity contribution in [2.24, 2.45) is 4.99 Å². The molecule has 0 saturated carbocycles. The first-order valence-corrected chi connectivity index (χ1v) is 10.3. The van der Waals surface area contributed by atoms with Gasteiger partial charge in [0.1, 0.15) is 12.1 Å². The van der Waals surface area contributed by atoms with Gasteiger partial charge in [-0.1, -0.05) is 24.8 Å². The van der Waals surface area contributed by atoms with Gasteiger partial charge < -0.3 is 9.47 Å². The van der Waals surface area contributed by atoms with E-state index in [2.05, 4.69) is 56.8 Å². The number of aliphatic imine (C=N–C) groups is 1. The van der Waals surface area contributed by atoms with E-state index in [4.69, 9.17) is 4.99 Å². The van der Waals surface area contributed by atoms with Crippen LogP contribution < -0.4 is 0 Å². The van der Waals surface area contributed by atoms with Gasteiger partial charge in [0.2, 0.25) is 0 Å². The summed E-state index contributed by atoms with van der Waals surface area (Å²) >= 11 is 1.88. The maximum Gasteiger partial charge on any atom is 0.160 e. The fourth-order valence-corrected chi connectivity index (χ4v) is 5.38. The zero-order valence-electron chi connectivity index (χ0n) is 15.1. The third-order valence-electron chi connectivity index (χ3n) is 5.35. The van der Waals surface area contributed by atoms with Crippen LogP contribution in [0.1, 0.15) is 36.8 Å². The van der Waals surface area contributed by atoms with Crippen molar-refractivity contribution >= 4 is 16.9 Å². The Morgan fingerprint density at radius 1 is 1.07 bits per heavy atom. The highest BCUT2D eigenvalue weighted by Gasteiger charge is 2.46. The standard InChI is InChI=1S/C21H21N5S/c1-2-15-14-27-21-24-19(17-6-3-4-10-23-17)20(26(15)21)18-7-5-13-25(18)16-8-11-22-12-9-16/h3-13,15,19-20H,2,14H2,1H3/t15-,19+,20+/m0/s1. The Morgan fingerprint density at radius 3 is 2.74 bits per heavy atom. The van der Waals surface area contributed by atoms with Crippen LogP contribution in [0.4, 0.5) is 0 Å². The normalized spacial score (nSPS) is 24.1. The molecule has 0 aromatic carbocycles. The molecule has 2 aliphatic heterocycles. The lowest BCUT2D eigenvalue weighted by molar-refractivity contribution is 0.249. The zero-order valence-corrected chi connectivity index (χ0v) is 16.0. The summed E-state index contributed by atoms with van der Waals surface area (Å²) < 4.78 is 2.26. The summed E-state index contributed by atoms with van der Waals surface area (Å²) in [6, 6.07) is 15.2. The molecule has 0 unspecified atom stereocenters. The average Bonchev–Trinajstić information content (AvgIpc) is 3.44. The van der Waals surface area contributed by atoms with E-state index in [9.17, 15) is 0 Å². The molecule has 3 aromatic rings. The van der Waals surface area contributed by atoms with E-state index in [1.807, 2.05) is 48.6 Å². The number of rotatable bonds is 4. The topological polar surface area (TPSA) is 46.3 Å². The number of fused-ring (bicyclic) bond motifs is 1. The highest BCUT2D eigenvalue weighted by atomic mass is 32.2. The predicted octanol–water partition coefficient (Wildman–Crippen LogP) is 4.25. The van der Waals surface area contributed by atoms with Gasteiger partial charge in [-0.3, -0.25) is 15.0 Å². The first-order valence-electron chi connectivity index (χ1n) is 9.34. The molecule has 5 heterocycles. The number of nitrogens with zero attached hydrogens (tertiary/aromatic N) is 5. The Balaban J connectivity index is 1.63. The highest BCUT2D eigenvalue weighted by Crippen LogP contribution is 2.48. The predicted molar refractivity (Wildman–Crippen MR) is 109 cm³/mol. The van der Waals surface area contributed by atoms with Crippen LogP contribution in [0.25, 0.3) is 5.69 Å². The van der Waals surface area contributed by atoms with E-state index < -0.39 is 0 Å². The molecule has 0 radical (unpaired) electrons. The molecule has 3 aromatic heterocycles. The van der Waals surface area contributed by atoms with Crippen LogP contribution in [0.5, 0.6) is 0 Å². The average molecular weight is 376 g/mol. The highest BCUT2D eigenvalue weighted by molar-refractivity contribution is 8.14. The van der Waals surface area contributed by atoms with Crippen LogP contribution in [-0.4, -0.2) is 36.4 Å². The van der Waals surface area contributed by atoms with Crippen molar-refractivity contribution in [3.63, 3.8) is 0 Å². The smallest absolute Gasteiger partial charge is 0.160 e. The van der Waals surface area contributed by atoms with E-state index in [1.165, 1.54) is 5.69 Å². The van der Waals surface area contributed by atoms with Crippen molar-refractivity contribution in [2.45, 2.75) is 31.5 Å². The first-order chi connectivity index (χ1) is 13.4. The molecular formula is C21H21N5S. The molecule has 0 spiro atoms. The first kappa shape index (κ1) is 16.6. The van der Waals surface area contributed by atoms with Crippen molar-refractivity contribution in [1.82, 2.24) is 19.4 Å². The SMILES string of the molecule is CC[C@H]1CSC2=N[C@H](c3ccccn3)[C@@H](c3cccn3-c3ccncc3)N21. The number of pyridine rings is 2. The minimum Gasteiger partial charge on any atom is -0.337 e. The monoisotopic (exact) mass is 375 g/mol. The lowest BCUT2D eigenvalue weighted by atomic mass is 9.99. The molecular weight excluding hydrogens is 354 g/mol. The Labute approximate surface area is 163 Å². The van der Waals surface area contributed by atoms with Crippen molar-refractivity contribution in [1.29, 1.82) is 0 Å². The van der Waals surface area contributed by atoms with Gasteiger partial charge in [0.25, 0.3) is 0 Å². The molecule has 5 nitrogen and oxygen atoms in total. The number of hydrogen-bond donors (Lipinski definition) is 0. The minimum absolute atomic E-state index is 0.0125. The Hall–Kier alpha value is -2.60. The van der Waals surface area contributed by atoms with Gasteiger partial charge in [-0.2, -0.15) is 0 Å². The minimum atomic E-state index is 0.0125. The van der Waals surface area contributed by atoms with Gasteiger partial charge in [-0.15, -0.1) is 0 Å². The van der Waals surface area contributed by atoms with Crippen LogP contribution >= 0.6 is 11.8 Å². The number of thioether (sulfide) groups is 1. The Morgan fingerprint density at radius 2 is 1.96 bits per heavy atom. The Kier molecular flexibility index (Phi) is 4.20. The lowest BCUT2D eigenvalue weighted by Crippen LogP contribution is -2.36. The molecule has 2 aliphatic rings. The molecule has 0 bridgehead atoms. The van der Waals surface area contributed by atoms with Crippen LogP contribution in [0.2, 0.25) is 0 Å². The van der Waals surface area contributed by atoms with Gasteiger partial charge in [-0.05, 0) is 42.8 Å². The van der Waals surface area contributed by atoms with Gasteiger partial charge >= 0.3 is 0 Å². The molecule has 0 aliphatic carbocycles. The van der Waals surface area contributed by atoms with Gasteiger partial charge in [0.05, 0.1) is 5.69 Å². The molecule has 0 amide bonds. The van der Waals surface area contributed by atoms with Gasteiger partial charge in [-0.25, -0.2) is 0 Å². The molecule has 1 saturated heterocycles. The Bertz CT molecular complexity index is 953. The third-order valence-corrected chi connectivity index (χ3v) is 6.48. The van der Waals surface area contributed by atoms with Gasteiger partial charge in [0, 0.05) is 48.0 Å². The van der Waals surface area contributed by atoms with Crippen LogP contribution in [0, 0.1) is 0 Å². The van der Waals surface area contributed by atoms with Crippen molar-refractivity contribution in [3.8, 4) is 5.69 Å². The summed E-state index contributed by atoms with van der Waals surface area (Å²) in [7, 11) is 0. The van der Waals surface area contributed by atoms with Crippen molar-refractivity contribution < 1.29 is 0 Å². The molecule has 5 rings (SSSR count). The van der Waals surface area contributed by atoms with E-state index in [0.717, 1.165) is 28.7 Å². The summed E-state index contributed by atoms with van der Waals surface area (Å²) in [6.07, 6.45) is 8.79. The summed E-state index contributed by atoms with van der Waals surface area (Å²) in [5, 5.41) is 1.16. The molecule has 27 heavy (non-hydrogen) atoms. The second-order valence-corrected chi connectivity index (χ2v) is 7.83. The molecule has 136 valence electrons. The summed E-state index contributed by atoms with van der Waals surface area (Å²) in [6.45, 7) is 2.27. The van der Waals surface area contributed by atoms with Crippen LogP contribution in [0.3, 0.4) is 0 Å². The quantitative estimate of drug-likeness (QED) is 0.684. The molecule has 3 atom stereocenters. The molecule has 6 heteroatoms. The van der Waals surface area contributed by atoms with Crippen molar-refractivity contribution in [2.75, 3.05) is 5.75 Å². The summed E-state index contributed by atoms with van der Waals surface area (Å²) in [5.74, 6) is 1.11. The maximum absolute atomic E-state index is 5.11. The van der Waals surface area contributed by atoms with E-state index in [1.54, 1.807) is 0 Å². The summed E-state index contributed by atoms with van der Waals surface area (Å²) in [4.78, 5) is 16.4. The van der Waals surface area contributed by atoms with Crippen molar-refractivity contribution in [3.05, 3.63) is 78.6 Å². The van der Waals surface area contributed by atoms with E-state index >= 15 is 0 Å². The van der Waals surface area contributed by atoms with Gasteiger partial charge in [0.15, 0.2) is 5.17 Å². The fourth-order valence-electron chi connectivity index (χ4n) is 4.05. The number of aromatic nitrogens is 3. The van der Waals surface area contributed by atoms with E-state index in [0.29, 0.717) is 6.04 Å². The fraction of sp³-hybridized carbons (Fsp3) is 0.286. The van der Waals surface area contributed by atoms with E-state index in [-0.39, 0.29) is 12.1 Å².